The number of benzene rings is 1. The van der Waals surface area contributed by atoms with E-state index in [0.717, 1.165) is 0 Å². The third-order valence-electron chi connectivity index (χ3n) is 2.84. The van der Waals surface area contributed by atoms with E-state index in [1.54, 1.807) is 0 Å². The zero-order valence-corrected chi connectivity index (χ0v) is 10.8. The highest BCUT2D eigenvalue weighted by atomic mass is 35.5. The molecule has 0 radical (unpaired) electrons. The third kappa shape index (κ3) is 2.26. The molecule has 1 aromatic heterocycles. The molecule has 0 fully saturated rings. The summed E-state index contributed by atoms with van der Waals surface area (Å²) in [5, 5.41) is 20.6. The Kier molecular flexibility index (Phi) is 3.77. The molecule has 0 atom stereocenters. The first-order valence-corrected chi connectivity index (χ1v) is 5.83. The summed E-state index contributed by atoms with van der Waals surface area (Å²) in [5.74, 6) is -0.218. The summed E-state index contributed by atoms with van der Waals surface area (Å²) in [4.78, 5) is 0. The molecule has 0 aliphatic heterocycles. The van der Waals surface area contributed by atoms with E-state index in [9.17, 15) is 8.78 Å². The van der Waals surface area contributed by atoms with E-state index < -0.39 is 6.43 Å². The highest BCUT2D eigenvalue weighted by molar-refractivity contribution is 6.36. The van der Waals surface area contributed by atoms with Gasteiger partial charge in [-0.25, -0.2) is 8.78 Å². The lowest BCUT2D eigenvalue weighted by atomic mass is 10.1. The Bertz CT molecular complexity index is 733. The van der Waals surface area contributed by atoms with Gasteiger partial charge in [-0.2, -0.15) is 5.26 Å². The summed E-state index contributed by atoms with van der Waals surface area (Å²) in [5.41, 5.74) is 5.63. The predicted molar refractivity (Wildman–Crippen MR) is 70.0 cm³/mol. The van der Waals surface area contributed by atoms with Crippen molar-refractivity contribution in [1.82, 2.24) is 4.57 Å². The number of nitriles is 1. The van der Waals surface area contributed by atoms with Crippen LogP contribution in [-0.2, 0) is 6.54 Å². The van der Waals surface area contributed by atoms with Crippen LogP contribution >= 0.6 is 11.6 Å². The Hall–Kier alpha value is -2.33. The average molecular weight is 299 g/mol. The van der Waals surface area contributed by atoms with Crippen LogP contribution < -0.4 is 5.73 Å². The molecule has 1 aromatic carbocycles. The molecule has 0 spiro atoms. The quantitative estimate of drug-likeness (QED) is 0.395. The molecule has 20 heavy (non-hydrogen) atoms. The molecule has 0 unspecified atom stereocenters. The molecule has 1 heterocycles. The molecule has 0 bridgehead atoms. The lowest BCUT2D eigenvalue weighted by Crippen LogP contribution is -2.20. The lowest BCUT2D eigenvalue weighted by molar-refractivity contribution is 0.142. The maximum Gasteiger partial charge on any atom is 0.278 e. The monoisotopic (exact) mass is 298 g/mol. The molecule has 2 rings (SSSR count). The first-order valence-electron chi connectivity index (χ1n) is 5.46. The zero-order chi connectivity index (χ0) is 14.9. The number of hydrogen-bond acceptors (Lipinski definition) is 3. The standard InChI is InChI=1S/C12H9ClF2N4O/c13-11-6(4-16)1-2-8-7(11)3-9(12(14)15)19(8)5-10(17)18-20/h1-3,12,20H,5H2,(H2,17,18). The van der Waals surface area contributed by atoms with Gasteiger partial charge < -0.3 is 15.5 Å². The Labute approximate surface area is 117 Å². The van der Waals surface area contributed by atoms with Crippen LogP contribution in [-0.4, -0.2) is 15.6 Å². The first-order chi connectivity index (χ1) is 9.49. The molecule has 8 heteroatoms. The number of fused-ring (bicyclic) bond motifs is 1. The lowest BCUT2D eigenvalue weighted by Gasteiger charge is -2.09. The van der Waals surface area contributed by atoms with Crippen molar-refractivity contribution in [3.63, 3.8) is 0 Å². The van der Waals surface area contributed by atoms with Gasteiger partial charge in [0, 0.05) is 5.39 Å². The van der Waals surface area contributed by atoms with Gasteiger partial charge in [0.15, 0.2) is 5.84 Å². The molecular weight excluding hydrogens is 290 g/mol. The van der Waals surface area contributed by atoms with Gasteiger partial charge in [0.25, 0.3) is 6.43 Å². The van der Waals surface area contributed by atoms with Crippen LogP contribution in [0.5, 0.6) is 0 Å². The van der Waals surface area contributed by atoms with E-state index in [2.05, 4.69) is 5.16 Å². The fourth-order valence-electron chi connectivity index (χ4n) is 1.96. The van der Waals surface area contributed by atoms with Crippen LogP contribution in [0.15, 0.2) is 23.4 Å². The molecular formula is C12H9ClF2N4O. The van der Waals surface area contributed by atoms with Crippen molar-refractivity contribution < 1.29 is 14.0 Å². The topological polar surface area (TPSA) is 87.3 Å². The van der Waals surface area contributed by atoms with E-state index in [0.29, 0.717) is 10.9 Å². The van der Waals surface area contributed by atoms with Gasteiger partial charge in [-0.05, 0) is 18.2 Å². The summed E-state index contributed by atoms with van der Waals surface area (Å²) in [6, 6.07) is 6.01. The van der Waals surface area contributed by atoms with E-state index >= 15 is 0 Å². The molecule has 0 aliphatic carbocycles. The highest BCUT2D eigenvalue weighted by Gasteiger charge is 2.20. The molecule has 3 N–H and O–H groups in total. The Morgan fingerprint density at radius 1 is 1.55 bits per heavy atom. The summed E-state index contributed by atoms with van der Waals surface area (Å²) in [7, 11) is 0. The second-order valence-electron chi connectivity index (χ2n) is 4.02. The number of rotatable bonds is 3. The second-order valence-corrected chi connectivity index (χ2v) is 4.40. The average Bonchev–Trinajstić information content (AvgIpc) is 2.79. The van der Waals surface area contributed by atoms with Crippen LogP contribution in [0.1, 0.15) is 17.7 Å². The summed E-state index contributed by atoms with van der Waals surface area (Å²) in [6.07, 6.45) is -2.75. The zero-order valence-electron chi connectivity index (χ0n) is 10.0. The molecule has 2 aromatic rings. The Balaban J connectivity index is 2.74. The van der Waals surface area contributed by atoms with Gasteiger partial charge in [-0.3, -0.25) is 0 Å². The van der Waals surface area contributed by atoms with Gasteiger partial charge in [-0.15, -0.1) is 0 Å². The van der Waals surface area contributed by atoms with Crippen LogP contribution in [0.2, 0.25) is 5.02 Å². The molecule has 0 saturated carbocycles. The number of oxime groups is 1. The minimum atomic E-state index is -2.75. The van der Waals surface area contributed by atoms with E-state index in [4.69, 9.17) is 27.8 Å². The smallest absolute Gasteiger partial charge is 0.278 e. The van der Waals surface area contributed by atoms with Crippen LogP contribution in [0.25, 0.3) is 10.9 Å². The van der Waals surface area contributed by atoms with Gasteiger partial charge in [0.05, 0.1) is 28.3 Å². The number of nitrogens with zero attached hydrogens (tertiary/aromatic N) is 3. The summed E-state index contributed by atoms with van der Waals surface area (Å²) in [6.45, 7) is -0.206. The van der Waals surface area contributed by atoms with Crippen molar-refractivity contribution in [3.05, 3.63) is 34.5 Å². The minimum absolute atomic E-state index is 0.102. The molecule has 5 nitrogen and oxygen atoms in total. The molecule has 0 aliphatic rings. The van der Waals surface area contributed by atoms with E-state index in [1.165, 1.54) is 22.8 Å². The highest BCUT2D eigenvalue weighted by Crippen LogP contribution is 2.33. The number of hydrogen-bond donors (Lipinski definition) is 2. The number of nitrogens with two attached hydrogens (primary N) is 1. The normalized spacial score (nSPS) is 12.1. The van der Waals surface area contributed by atoms with Gasteiger partial charge >= 0.3 is 0 Å². The van der Waals surface area contributed by atoms with Crippen LogP contribution in [0.3, 0.4) is 0 Å². The van der Waals surface area contributed by atoms with E-state index in [1.807, 2.05) is 6.07 Å². The Morgan fingerprint density at radius 3 is 2.80 bits per heavy atom. The number of halogens is 3. The predicted octanol–water partition coefficient (Wildman–Crippen LogP) is 2.85. The van der Waals surface area contributed by atoms with Gasteiger partial charge in [-0.1, -0.05) is 16.8 Å². The minimum Gasteiger partial charge on any atom is -0.409 e. The molecule has 0 amide bonds. The fraction of sp³-hybridized carbons (Fsp3) is 0.167. The number of amidine groups is 1. The maximum atomic E-state index is 13.1. The Morgan fingerprint density at radius 2 is 2.25 bits per heavy atom. The summed E-state index contributed by atoms with van der Waals surface area (Å²) < 4.78 is 27.3. The van der Waals surface area contributed by atoms with Gasteiger partial charge in [0.1, 0.15) is 6.07 Å². The fourth-order valence-corrected chi connectivity index (χ4v) is 2.21. The van der Waals surface area contributed by atoms with Crippen molar-refractivity contribution in [2.45, 2.75) is 13.0 Å². The van der Waals surface area contributed by atoms with Crippen LogP contribution in [0, 0.1) is 11.3 Å². The van der Waals surface area contributed by atoms with Crippen molar-refractivity contribution >= 4 is 28.3 Å². The third-order valence-corrected chi connectivity index (χ3v) is 3.25. The van der Waals surface area contributed by atoms with Gasteiger partial charge in [0.2, 0.25) is 0 Å². The molecule has 0 saturated heterocycles. The van der Waals surface area contributed by atoms with Crippen molar-refractivity contribution in [3.8, 4) is 6.07 Å². The summed E-state index contributed by atoms with van der Waals surface area (Å²) >= 11 is 6.01. The van der Waals surface area contributed by atoms with E-state index in [-0.39, 0.29) is 28.7 Å². The van der Waals surface area contributed by atoms with Crippen molar-refractivity contribution in [1.29, 1.82) is 5.26 Å². The largest absolute Gasteiger partial charge is 0.409 e. The first kappa shape index (κ1) is 14.1. The number of aromatic nitrogens is 1. The number of alkyl halides is 2. The van der Waals surface area contributed by atoms with Crippen LogP contribution in [0.4, 0.5) is 8.78 Å². The SMILES string of the molecule is N#Cc1ccc2c(cc(C(F)F)n2CC(N)=NO)c1Cl. The maximum absolute atomic E-state index is 13.1. The van der Waals surface area contributed by atoms with Crippen molar-refractivity contribution in [2.75, 3.05) is 0 Å². The molecule has 104 valence electrons. The van der Waals surface area contributed by atoms with Crippen molar-refractivity contribution in [2.24, 2.45) is 10.9 Å². The second kappa shape index (κ2) is 5.35.